The van der Waals surface area contributed by atoms with Crippen LogP contribution in [0.4, 0.5) is 5.95 Å². The minimum absolute atomic E-state index is 0.203. The minimum Gasteiger partial charge on any atom is -0.288 e. The van der Waals surface area contributed by atoms with Crippen molar-refractivity contribution in [3.8, 4) is 0 Å². The number of rotatable bonds is 3. The molecule has 2 N–H and O–H groups in total. The fourth-order valence-corrected chi connectivity index (χ4v) is 1.57. The first-order valence-electron chi connectivity index (χ1n) is 5.14. The molecule has 7 heteroatoms. The smallest absolute Gasteiger partial charge is 0.274 e. The molecule has 92 valence electrons. The van der Waals surface area contributed by atoms with E-state index in [4.69, 9.17) is 0 Å². The minimum atomic E-state index is -0.288. The van der Waals surface area contributed by atoms with Crippen LogP contribution in [0.3, 0.4) is 0 Å². The van der Waals surface area contributed by atoms with Crippen molar-refractivity contribution in [3.05, 3.63) is 50.3 Å². The second kappa shape index (κ2) is 5.54. The Balaban J connectivity index is 2.10. The molecule has 0 aliphatic carbocycles. The maximum Gasteiger partial charge on any atom is 0.274 e. The van der Waals surface area contributed by atoms with Gasteiger partial charge in [0.15, 0.2) is 0 Å². The number of anilines is 1. The Hall–Kier alpha value is -2.02. The number of H-pyrrole nitrogens is 1. The van der Waals surface area contributed by atoms with Crippen LogP contribution in [-0.4, -0.2) is 21.4 Å². The molecule has 0 spiro atoms. The second-order valence-corrected chi connectivity index (χ2v) is 4.33. The van der Waals surface area contributed by atoms with Gasteiger partial charge in [0.05, 0.1) is 6.21 Å². The van der Waals surface area contributed by atoms with Gasteiger partial charge in [0, 0.05) is 10.0 Å². The molecule has 0 saturated carbocycles. The van der Waals surface area contributed by atoms with Crippen LogP contribution >= 0.6 is 15.9 Å². The topological polar surface area (TPSA) is 83.0 Å². The Morgan fingerprint density at radius 3 is 2.89 bits per heavy atom. The molecule has 0 aliphatic heterocycles. The van der Waals surface area contributed by atoms with Crippen molar-refractivity contribution < 1.29 is 0 Å². The fourth-order valence-electron chi connectivity index (χ4n) is 1.19. The van der Waals surface area contributed by atoms with Crippen molar-refractivity contribution in [2.24, 2.45) is 5.10 Å². The van der Waals surface area contributed by atoms with Crippen LogP contribution < -0.4 is 11.0 Å². The summed E-state index contributed by atoms with van der Waals surface area (Å²) in [6, 6.07) is 7.63. The van der Waals surface area contributed by atoms with Gasteiger partial charge in [0.25, 0.3) is 5.56 Å². The lowest BCUT2D eigenvalue weighted by atomic mass is 10.2. The molecule has 0 atom stereocenters. The predicted molar refractivity (Wildman–Crippen MR) is 72.7 cm³/mol. The monoisotopic (exact) mass is 307 g/mol. The Morgan fingerprint density at radius 2 is 2.17 bits per heavy atom. The molecule has 0 aliphatic rings. The van der Waals surface area contributed by atoms with Gasteiger partial charge in [0.1, 0.15) is 5.69 Å². The Kier molecular flexibility index (Phi) is 3.83. The van der Waals surface area contributed by atoms with E-state index in [9.17, 15) is 4.79 Å². The molecule has 0 amide bonds. The predicted octanol–water partition coefficient (Wildman–Crippen LogP) is 1.68. The van der Waals surface area contributed by atoms with Crippen LogP contribution in [0.15, 0.2) is 38.6 Å². The molecule has 0 saturated heterocycles. The van der Waals surface area contributed by atoms with E-state index in [1.54, 1.807) is 13.1 Å². The number of benzene rings is 1. The van der Waals surface area contributed by atoms with E-state index in [1.807, 2.05) is 24.3 Å². The number of hydrazone groups is 1. The van der Waals surface area contributed by atoms with E-state index in [2.05, 4.69) is 41.6 Å². The maximum absolute atomic E-state index is 11.3. The summed E-state index contributed by atoms with van der Waals surface area (Å²) < 4.78 is 0.930. The van der Waals surface area contributed by atoms with Crippen LogP contribution in [0.2, 0.25) is 0 Å². The van der Waals surface area contributed by atoms with E-state index in [1.165, 1.54) is 0 Å². The number of halogens is 1. The number of hydrogen-bond acceptors (Lipinski definition) is 5. The molecule has 0 fully saturated rings. The van der Waals surface area contributed by atoms with Crippen LogP contribution in [0.1, 0.15) is 11.3 Å². The van der Waals surface area contributed by atoms with Gasteiger partial charge in [-0.15, -0.1) is 10.2 Å². The number of nitrogens with one attached hydrogen (secondary N) is 2. The van der Waals surface area contributed by atoms with Crippen molar-refractivity contribution in [2.45, 2.75) is 6.92 Å². The zero-order valence-electron chi connectivity index (χ0n) is 9.51. The average molecular weight is 308 g/mol. The highest BCUT2D eigenvalue weighted by Gasteiger charge is 1.98. The standard InChI is InChI=1S/C11H10BrN5O/c1-7-10(18)14-11(17-15-7)16-13-6-8-4-2-3-5-9(8)12/h2-6H,1H3,(H2,14,16,17,18)/b13-6+. The quantitative estimate of drug-likeness (QED) is 0.667. The van der Waals surface area contributed by atoms with Crippen molar-refractivity contribution in [1.82, 2.24) is 15.2 Å². The van der Waals surface area contributed by atoms with Crippen molar-refractivity contribution in [2.75, 3.05) is 5.43 Å². The van der Waals surface area contributed by atoms with Gasteiger partial charge in [-0.25, -0.2) is 5.43 Å². The van der Waals surface area contributed by atoms with Crippen LogP contribution in [0, 0.1) is 6.92 Å². The van der Waals surface area contributed by atoms with Gasteiger partial charge in [-0.3, -0.25) is 9.78 Å². The molecule has 1 aromatic heterocycles. The number of aromatic amines is 1. The number of aromatic nitrogens is 3. The highest BCUT2D eigenvalue weighted by molar-refractivity contribution is 9.10. The first kappa shape index (κ1) is 12.4. The summed E-state index contributed by atoms with van der Waals surface area (Å²) in [6.45, 7) is 1.58. The molecule has 2 rings (SSSR count). The highest BCUT2D eigenvalue weighted by Crippen LogP contribution is 2.13. The van der Waals surface area contributed by atoms with E-state index >= 15 is 0 Å². The molecule has 0 radical (unpaired) electrons. The summed E-state index contributed by atoms with van der Waals surface area (Å²) in [6.07, 6.45) is 1.62. The lowest BCUT2D eigenvalue weighted by molar-refractivity contribution is 0.897. The first-order valence-corrected chi connectivity index (χ1v) is 5.93. The summed E-state index contributed by atoms with van der Waals surface area (Å²) in [5.74, 6) is 0.203. The van der Waals surface area contributed by atoms with Gasteiger partial charge in [-0.05, 0) is 13.0 Å². The van der Waals surface area contributed by atoms with Crippen LogP contribution in [-0.2, 0) is 0 Å². The number of aryl methyl sites for hydroxylation is 1. The molecular formula is C11H10BrN5O. The summed E-state index contributed by atoms with van der Waals surface area (Å²) >= 11 is 3.40. The van der Waals surface area contributed by atoms with Crippen molar-refractivity contribution >= 4 is 28.1 Å². The Labute approximate surface area is 111 Å². The second-order valence-electron chi connectivity index (χ2n) is 3.48. The summed E-state index contributed by atoms with van der Waals surface area (Å²) in [7, 11) is 0. The molecule has 0 unspecified atom stereocenters. The largest absolute Gasteiger partial charge is 0.288 e. The normalized spacial score (nSPS) is 10.8. The van der Waals surface area contributed by atoms with Gasteiger partial charge in [-0.2, -0.15) is 5.10 Å². The zero-order valence-corrected chi connectivity index (χ0v) is 11.1. The lowest BCUT2D eigenvalue weighted by Crippen LogP contribution is -2.15. The lowest BCUT2D eigenvalue weighted by Gasteiger charge is -1.99. The molecule has 2 aromatic rings. The highest BCUT2D eigenvalue weighted by atomic mass is 79.9. The molecule has 0 bridgehead atoms. The molecule has 1 aromatic carbocycles. The molecule has 6 nitrogen and oxygen atoms in total. The molecule has 18 heavy (non-hydrogen) atoms. The Bertz CT molecular complexity index is 637. The van der Waals surface area contributed by atoms with Crippen molar-refractivity contribution in [1.29, 1.82) is 0 Å². The third-order valence-corrected chi connectivity index (χ3v) is 2.86. The van der Waals surface area contributed by atoms with Gasteiger partial charge in [0.2, 0.25) is 5.95 Å². The molecular weight excluding hydrogens is 298 g/mol. The van der Waals surface area contributed by atoms with Gasteiger partial charge < -0.3 is 0 Å². The van der Waals surface area contributed by atoms with Gasteiger partial charge in [-0.1, -0.05) is 34.1 Å². The van der Waals surface area contributed by atoms with Crippen molar-refractivity contribution in [3.63, 3.8) is 0 Å². The van der Waals surface area contributed by atoms with E-state index < -0.39 is 0 Å². The summed E-state index contributed by atoms with van der Waals surface area (Å²) in [4.78, 5) is 13.8. The fraction of sp³-hybridized carbons (Fsp3) is 0.0909. The van der Waals surface area contributed by atoms with E-state index in [0.29, 0.717) is 5.69 Å². The SMILES string of the molecule is Cc1nnc(N/N=C/c2ccccc2Br)[nH]c1=O. The maximum atomic E-state index is 11.3. The molecule has 1 heterocycles. The zero-order chi connectivity index (χ0) is 13.0. The third kappa shape index (κ3) is 3.01. The Morgan fingerprint density at radius 1 is 1.39 bits per heavy atom. The number of hydrogen-bond donors (Lipinski definition) is 2. The van der Waals surface area contributed by atoms with E-state index in [-0.39, 0.29) is 11.5 Å². The first-order chi connectivity index (χ1) is 8.66. The van der Waals surface area contributed by atoms with E-state index in [0.717, 1.165) is 10.0 Å². The van der Waals surface area contributed by atoms with Gasteiger partial charge >= 0.3 is 0 Å². The number of nitrogens with zero attached hydrogens (tertiary/aromatic N) is 3. The summed E-state index contributed by atoms with van der Waals surface area (Å²) in [5.41, 5.74) is 3.54. The average Bonchev–Trinajstić information content (AvgIpc) is 2.36. The van der Waals surface area contributed by atoms with Crippen LogP contribution in [0.25, 0.3) is 0 Å². The summed E-state index contributed by atoms with van der Waals surface area (Å²) in [5, 5.41) is 11.4. The van der Waals surface area contributed by atoms with Crippen LogP contribution in [0.5, 0.6) is 0 Å². The third-order valence-electron chi connectivity index (χ3n) is 2.14.